The minimum absolute atomic E-state index is 0.148. The highest BCUT2D eigenvalue weighted by molar-refractivity contribution is 5.72. The Morgan fingerprint density at radius 3 is 2.63 bits per heavy atom. The highest BCUT2D eigenvalue weighted by atomic mass is 19.1. The number of aliphatic hydroxyl groups excluding tert-OH is 1. The summed E-state index contributed by atoms with van der Waals surface area (Å²) in [5, 5.41) is 10.0. The lowest BCUT2D eigenvalue weighted by Gasteiger charge is -2.09. The van der Waals surface area contributed by atoms with E-state index < -0.39 is 11.9 Å². The predicted octanol–water partition coefficient (Wildman–Crippen LogP) is 3.24. The van der Waals surface area contributed by atoms with E-state index >= 15 is 0 Å². The van der Waals surface area contributed by atoms with Crippen LogP contribution >= 0.6 is 0 Å². The topological polar surface area (TPSA) is 46.3 Å². The Balaban J connectivity index is 1.86. The first kappa shape index (κ1) is 11.9. The molecule has 4 heteroatoms. The molecular weight excluding hydrogens is 245 g/mol. The number of rotatable bonds is 3. The molecule has 1 unspecified atom stereocenters. The molecule has 1 aromatic heterocycles. The SMILES string of the molecule is OC(Cc1nc2ccccc2o1)c1ccccc1F. The molecule has 1 heterocycles. The first-order chi connectivity index (χ1) is 9.24. The van der Waals surface area contributed by atoms with Gasteiger partial charge in [-0.05, 0) is 18.2 Å². The first-order valence-electron chi connectivity index (χ1n) is 6.01. The largest absolute Gasteiger partial charge is 0.441 e. The lowest BCUT2D eigenvalue weighted by molar-refractivity contribution is 0.165. The van der Waals surface area contributed by atoms with Crippen LogP contribution in [0.4, 0.5) is 4.39 Å². The van der Waals surface area contributed by atoms with Crippen molar-refractivity contribution in [1.29, 1.82) is 0 Å². The minimum atomic E-state index is -0.964. The Morgan fingerprint density at radius 1 is 1.11 bits per heavy atom. The minimum Gasteiger partial charge on any atom is -0.441 e. The number of hydrogen-bond donors (Lipinski definition) is 1. The molecule has 0 saturated heterocycles. The Labute approximate surface area is 109 Å². The fourth-order valence-corrected chi connectivity index (χ4v) is 2.03. The summed E-state index contributed by atoms with van der Waals surface area (Å²) >= 11 is 0. The van der Waals surface area contributed by atoms with Crippen LogP contribution < -0.4 is 0 Å². The molecule has 3 rings (SSSR count). The summed E-state index contributed by atoms with van der Waals surface area (Å²) in [7, 11) is 0. The number of halogens is 1. The number of hydrogen-bond acceptors (Lipinski definition) is 3. The molecule has 0 radical (unpaired) electrons. The second-order valence-corrected chi connectivity index (χ2v) is 4.32. The van der Waals surface area contributed by atoms with Crippen molar-refractivity contribution < 1.29 is 13.9 Å². The Bertz CT molecular complexity index is 675. The summed E-state index contributed by atoms with van der Waals surface area (Å²) in [4.78, 5) is 4.26. The van der Waals surface area contributed by atoms with Crippen molar-refractivity contribution >= 4 is 11.1 Å². The third kappa shape index (κ3) is 2.35. The second kappa shape index (κ2) is 4.82. The van der Waals surface area contributed by atoms with Gasteiger partial charge in [-0.3, -0.25) is 0 Å². The maximum Gasteiger partial charge on any atom is 0.198 e. The zero-order chi connectivity index (χ0) is 13.2. The van der Waals surface area contributed by atoms with Crippen LogP contribution in [0.1, 0.15) is 17.6 Å². The normalized spacial score (nSPS) is 12.7. The van der Waals surface area contributed by atoms with Gasteiger partial charge in [-0.2, -0.15) is 0 Å². The Kier molecular flexibility index (Phi) is 3.01. The van der Waals surface area contributed by atoms with Gasteiger partial charge in [0.15, 0.2) is 11.5 Å². The average molecular weight is 257 g/mol. The van der Waals surface area contributed by atoms with Crippen molar-refractivity contribution in [3.05, 3.63) is 65.8 Å². The average Bonchev–Trinajstić information content (AvgIpc) is 2.81. The number of oxazole rings is 1. The van der Waals surface area contributed by atoms with Gasteiger partial charge in [0, 0.05) is 5.56 Å². The van der Waals surface area contributed by atoms with E-state index in [0.29, 0.717) is 11.5 Å². The monoisotopic (exact) mass is 257 g/mol. The molecule has 0 bridgehead atoms. The predicted molar refractivity (Wildman–Crippen MR) is 69.1 cm³/mol. The number of fused-ring (bicyclic) bond motifs is 1. The number of para-hydroxylation sites is 2. The van der Waals surface area contributed by atoms with E-state index in [1.807, 2.05) is 18.2 Å². The van der Waals surface area contributed by atoms with Crippen LogP contribution in [0.5, 0.6) is 0 Å². The molecule has 3 aromatic rings. The lowest BCUT2D eigenvalue weighted by atomic mass is 10.1. The molecule has 0 amide bonds. The molecule has 0 aliphatic carbocycles. The molecule has 0 spiro atoms. The Hall–Kier alpha value is -2.20. The summed E-state index contributed by atoms with van der Waals surface area (Å²) < 4.78 is 19.0. The van der Waals surface area contributed by atoms with E-state index in [0.717, 1.165) is 5.52 Å². The smallest absolute Gasteiger partial charge is 0.198 e. The summed E-state index contributed by atoms with van der Waals surface area (Å²) in [6.45, 7) is 0. The van der Waals surface area contributed by atoms with Gasteiger partial charge in [0.1, 0.15) is 11.3 Å². The van der Waals surface area contributed by atoms with Crippen molar-refractivity contribution in [3.63, 3.8) is 0 Å². The molecule has 0 saturated carbocycles. The molecule has 0 aliphatic rings. The highest BCUT2D eigenvalue weighted by Crippen LogP contribution is 2.23. The van der Waals surface area contributed by atoms with Crippen LogP contribution in [-0.2, 0) is 6.42 Å². The molecule has 3 nitrogen and oxygen atoms in total. The zero-order valence-corrected chi connectivity index (χ0v) is 10.1. The molecule has 0 aliphatic heterocycles. The van der Waals surface area contributed by atoms with Crippen LogP contribution in [0.15, 0.2) is 52.9 Å². The number of benzene rings is 2. The van der Waals surface area contributed by atoms with E-state index in [9.17, 15) is 9.50 Å². The van der Waals surface area contributed by atoms with E-state index in [1.54, 1.807) is 24.3 Å². The van der Waals surface area contributed by atoms with Crippen LogP contribution in [0.2, 0.25) is 0 Å². The van der Waals surface area contributed by atoms with Crippen LogP contribution in [0.25, 0.3) is 11.1 Å². The van der Waals surface area contributed by atoms with Gasteiger partial charge in [0.2, 0.25) is 0 Å². The zero-order valence-electron chi connectivity index (χ0n) is 10.1. The van der Waals surface area contributed by atoms with E-state index in [2.05, 4.69) is 4.98 Å². The highest BCUT2D eigenvalue weighted by Gasteiger charge is 2.16. The molecule has 19 heavy (non-hydrogen) atoms. The third-order valence-corrected chi connectivity index (χ3v) is 2.97. The molecular formula is C15H12FNO2. The number of nitrogens with zero attached hydrogens (tertiary/aromatic N) is 1. The fourth-order valence-electron chi connectivity index (χ4n) is 2.03. The van der Waals surface area contributed by atoms with Crippen molar-refractivity contribution in [2.24, 2.45) is 0 Å². The second-order valence-electron chi connectivity index (χ2n) is 4.32. The maximum atomic E-state index is 13.5. The fraction of sp³-hybridized carbons (Fsp3) is 0.133. The van der Waals surface area contributed by atoms with Gasteiger partial charge >= 0.3 is 0 Å². The molecule has 1 atom stereocenters. The summed E-state index contributed by atoms with van der Waals surface area (Å²) in [5.41, 5.74) is 1.65. The van der Waals surface area contributed by atoms with Gasteiger partial charge in [0.25, 0.3) is 0 Å². The van der Waals surface area contributed by atoms with E-state index in [1.165, 1.54) is 6.07 Å². The standard InChI is InChI=1S/C15H12FNO2/c16-11-6-2-1-5-10(11)13(18)9-15-17-12-7-3-4-8-14(12)19-15/h1-8,13,18H,9H2. The summed E-state index contributed by atoms with van der Waals surface area (Å²) in [6, 6.07) is 13.5. The van der Waals surface area contributed by atoms with Crippen molar-refractivity contribution in [1.82, 2.24) is 4.98 Å². The molecule has 1 N–H and O–H groups in total. The van der Waals surface area contributed by atoms with Gasteiger partial charge < -0.3 is 9.52 Å². The van der Waals surface area contributed by atoms with Gasteiger partial charge in [-0.25, -0.2) is 9.37 Å². The van der Waals surface area contributed by atoms with Crippen LogP contribution in [-0.4, -0.2) is 10.1 Å². The Morgan fingerprint density at radius 2 is 1.84 bits per heavy atom. The lowest BCUT2D eigenvalue weighted by Crippen LogP contribution is -2.04. The van der Waals surface area contributed by atoms with Crippen molar-refractivity contribution in [3.8, 4) is 0 Å². The van der Waals surface area contributed by atoms with Gasteiger partial charge in [0.05, 0.1) is 12.5 Å². The van der Waals surface area contributed by atoms with Gasteiger partial charge in [-0.1, -0.05) is 30.3 Å². The van der Waals surface area contributed by atoms with Crippen LogP contribution in [0, 0.1) is 5.82 Å². The number of aromatic nitrogens is 1. The maximum absolute atomic E-state index is 13.5. The summed E-state index contributed by atoms with van der Waals surface area (Å²) in [5.74, 6) is -0.0249. The summed E-state index contributed by atoms with van der Waals surface area (Å²) in [6.07, 6.45) is -0.815. The van der Waals surface area contributed by atoms with Crippen molar-refractivity contribution in [2.75, 3.05) is 0 Å². The molecule has 0 fully saturated rings. The van der Waals surface area contributed by atoms with E-state index in [4.69, 9.17) is 4.42 Å². The molecule has 96 valence electrons. The van der Waals surface area contributed by atoms with E-state index in [-0.39, 0.29) is 12.0 Å². The van der Waals surface area contributed by atoms with Crippen molar-refractivity contribution in [2.45, 2.75) is 12.5 Å². The number of aliphatic hydroxyl groups is 1. The third-order valence-electron chi connectivity index (χ3n) is 2.97. The van der Waals surface area contributed by atoms with Gasteiger partial charge in [-0.15, -0.1) is 0 Å². The van der Waals surface area contributed by atoms with Crippen LogP contribution in [0.3, 0.4) is 0 Å². The molecule has 2 aromatic carbocycles. The first-order valence-corrected chi connectivity index (χ1v) is 6.01. The quantitative estimate of drug-likeness (QED) is 0.783.